The van der Waals surface area contributed by atoms with E-state index in [0.29, 0.717) is 0 Å². The maximum Gasteiger partial charge on any atom is 0.251 e. The average Bonchev–Trinajstić information content (AvgIpc) is 2.59. The summed E-state index contributed by atoms with van der Waals surface area (Å²) in [6, 6.07) is 0. The molecule has 0 saturated carbocycles. The normalized spacial score (nSPS) is 31.8. The summed E-state index contributed by atoms with van der Waals surface area (Å²) in [5.41, 5.74) is 0. The Bertz CT molecular complexity index is 411. The maximum atomic E-state index is 11.6. The number of aliphatic hydroxyl groups is 7. The van der Waals surface area contributed by atoms with Crippen LogP contribution in [0.1, 0.15) is 13.3 Å². The van der Waals surface area contributed by atoms with E-state index in [2.05, 4.69) is 5.32 Å². The Hall–Kier alpha value is -0.890. The standard InChI is InChI=1S/C14H27NO10/c1-2-15-13(23)11(22)10(21)12(8(20)4-16)25-14-7(19)3-6(18)9(5-17)24-14/h6-12,14,16-22H,2-5H2,1H3,(H,15,23)/t6-,7-,8-,9-,10-,11-,12-,14+/m0/s1. The first-order chi connectivity index (χ1) is 11.8. The second-order valence-corrected chi connectivity index (χ2v) is 5.78. The van der Waals surface area contributed by atoms with Crippen LogP contribution in [0.3, 0.4) is 0 Å². The van der Waals surface area contributed by atoms with Gasteiger partial charge in [0.15, 0.2) is 12.4 Å². The second kappa shape index (κ2) is 10.3. The summed E-state index contributed by atoms with van der Waals surface area (Å²) >= 11 is 0. The molecule has 0 bridgehead atoms. The van der Waals surface area contributed by atoms with E-state index in [9.17, 15) is 30.3 Å². The van der Waals surface area contributed by atoms with E-state index in [1.54, 1.807) is 6.92 Å². The first-order valence-electron chi connectivity index (χ1n) is 7.97. The van der Waals surface area contributed by atoms with E-state index in [4.69, 9.17) is 19.7 Å². The van der Waals surface area contributed by atoms with Crippen LogP contribution in [0.5, 0.6) is 0 Å². The van der Waals surface area contributed by atoms with Crippen LogP contribution in [0.4, 0.5) is 0 Å². The summed E-state index contributed by atoms with van der Waals surface area (Å²) in [4.78, 5) is 11.6. The molecule has 1 aliphatic rings. The van der Waals surface area contributed by atoms with Crippen molar-refractivity contribution in [3.8, 4) is 0 Å². The van der Waals surface area contributed by atoms with Gasteiger partial charge in [-0.25, -0.2) is 0 Å². The van der Waals surface area contributed by atoms with Crippen LogP contribution in [0.15, 0.2) is 0 Å². The topological polar surface area (TPSA) is 189 Å². The van der Waals surface area contributed by atoms with Gasteiger partial charge in [0.2, 0.25) is 0 Å². The number of rotatable bonds is 9. The third kappa shape index (κ3) is 5.81. The Kier molecular flexibility index (Phi) is 9.13. The number of carbonyl (C=O) groups excluding carboxylic acids is 1. The van der Waals surface area contributed by atoms with E-state index in [0.717, 1.165) is 0 Å². The van der Waals surface area contributed by atoms with Gasteiger partial charge < -0.3 is 50.5 Å². The molecule has 0 aromatic heterocycles. The van der Waals surface area contributed by atoms with Crippen LogP contribution >= 0.6 is 0 Å². The van der Waals surface area contributed by atoms with Gasteiger partial charge in [0, 0.05) is 13.0 Å². The summed E-state index contributed by atoms with van der Waals surface area (Å²) in [5, 5.41) is 69.9. The third-order valence-corrected chi connectivity index (χ3v) is 3.85. The van der Waals surface area contributed by atoms with Crippen molar-refractivity contribution < 1.29 is 50.0 Å². The number of nitrogens with one attached hydrogen (secondary N) is 1. The van der Waals surface area contributed by atoms with Crippen molar-refractivity contribution in [3.63, 3.8) is 0 Å². The first kappa shape index (κ1) is 22.2. The van der Waals surface area contributed by atoms with Crippen molar-refractivity contribution in [2.75, 3.05) is 19.8 Å². The lowest BCUT2D eigenvalue weighted by Gasteiger charge is -2.39. The molecule has 1 saturated heterocycles. The fraction of sp³-hybridized carbons (Fsp3) is 0.929. The Morgan fingerprint density at radius 3 is 2.40 bits per heavy atom. The molecule has 0 radical (unpaired) electrons. The molecule has 148 valence electrons. The average molecular weight is 369 g/mol. The van der Waals surface area contributed by atoms with E-state index < -0.39 is 68.1 Å². The number of hydrogen-bond acceptors (Lipinski definition) is 10. The molecule has 0 aromatic rings. The zero-order valence-corrected chi connectivity index (χ0v) is 13.8. The molecule has 1 heterocycles. The van der Waals surface area contributed by atoms with E-state index in [1.165, 1.54) is 0 Å². The van der Waals surface area contributed by atoms with Gasteiger partial charge in [-0.05, 0) is 6.92 Å². The summed E-state index contributed by atoms with van der Waals surface area (Å²) in [7, 11) is 0. The summed E-state index contributed by atoms with van der Waals surface area (Å²) in [6.45, 7) is 0.362. The van der Waals surface area contributed by atoms with Crippen LogP contribution in [0.25, 0.3) is 0 Å². The van der Waals surface area contributed by atoms with Gasteiger partial charge in [0.1, 0.15) is 30.5 Å². The lowest BCUT2D eigenvalue weighted by atomic mass is 10.0. The van der Waals surface area contributed by atoms with Crippen molar-refractivity contribution in [2.45, 2.75) is 62.4 Å². The highest BCUT2D eigenvalue weighted by Crippen LogP contribution is 2.24. The summed E-state index contributed by atoms with van der Waals surface area (Å²) < 4.78 is 10.4. The van der Waals surface area contributed by atoms with Gasteiger partial charge in [-0.1, -0.05) is 0 Å². The minimum atomic E-state index is -1.97. The van der Waals surface area contributed by atoms with E-state index in [-0.39, 0.29) is 13.0 Å². The number of amides is 1. The molecule has 0 spiro atoms. The van der Waals surface area contributed by atoms with E-state index in [1.807, 2.05) is 0 Å². The SMILES string of the molecule is CCNC(=O)[C@@H](O)[C@H](O)[C@@H](O[C@H]1O[C@@H](CO)[C@@H](O)C[C@@H]1O)[C@@H](O)CO. The molecule has 1 rings (SSSR count). The predicted octanol–water partition coefficient (Wildman–Crippen LogP) is -4.59. The Morgan fingerprint density at radius 1 is 1.24 bits per heavy atom. The Morgan fingerprint density at radius 2 is 1.88 bits per heavy atom. The minimum absolute atomic E-state index is 0.192. The van der Waals surface area contributed by atoms with Crippen LogP contribution in [-0.2, 0) is 14.3 Å². The molecule has 0 unspecified atom stereocenters. The molecular weight excluding hydrogens is 342 g/mol. The van der Waals surface area contributed by atoms with Gasteiger partial charge in [-0.3, -0.25) is 4.79 Å². The third-order valence-electron chi connectivity index (χ3n) is 3.85. The molecule has 25 heavy (non-hydrogen) atoms. The molecule has 11 heteroatoms. The van der Waals surface area contributed by atoms with Gasteiger partial charge in [0.05, 0.1) is 19.3 Å². The van der Waals surface area contributed by atoms with Gasteiger partial charge in [0.25, 0.3) is 5.91 Å². The molecule has 1 amide bonds. The molecule has 0 aliphatic carbocycles. The lowest BCUT2D eigenvalue weighted by molar-refractivity contribution is -0.304. The zero-order valence-electron chi connectivity index (χ0n) is 13.8. The molecular formula is C14H27NO10. The molecule has 0 aromatic carbocycles. The van der Waals surface area contributed by atoms with E-state index >= 15 is 0 Å². The molecule has 1 aliphatic heterocycles. The lowest BCUT2D eigenvalue weighted by Crippen LogP contribution is -2.57. The Balaban J connectivity index is 2.86. The summed E-state index contributed by atoms with van der Waals surface area (Å²) in [6.07, 6.45) is -12.5. The number of carbonyl (C=O) groups is 1. The summed E-state index contributed by atoms with van der Waals surface area (Å²) in [5.74, 6) is -0.914. The highest BCUT2D eigenvalue weighted by Gasteiger charge is 2.42. The zero-order chi connectivity index (χ0) is 19.1. The molecule has 8 N–H and O–H groups in total. The van der Waals surface area contributed by atoms with Crippen LogP contribution < -0.4 is 5.32 Å². The Labute approximate surface area is 144 Å². The highest BCUT2D eigenvalue weighted by atomic mass is 16.7. The van der Waals surface area contributed by atoms with Crippen molar-refractivity contribution in [3.05, 3.63) is 0 Å². The predicted molar refractivity (Wildman–Crippen MR) is 81.0 cm³/mol. The van der Waals surface area contributed by atoms with Crippen molar-refractivity contribution in [1.82, 2.24) is 5.32 Å². The first-order valence-corrected chi connectivity index (χ1v) is 7.97. The molecule has 11 nitrogen and oxygen atoms in total. The second-order valence-electron chi connectivity index (χ2n) is 5.78. The van der Waals surface area contributed by atoms with Crippen molar-refractivity contribution in [2.24, 2.45) is 0 Å². The highest BCUT2D eigenvalue weighted by molar-refractivity contribution is 5.81. The van der Waals surface area contributed by atoms with Crippen LogP contribution in [0, 0.1) is 0 Å². The van der Waals surface area contributed by atoms with Crippen LogP contribution in [0.2, 0.25) is 0 Å². The number of hydrogen-bond donors (Lipinski definition) is 8. The van der Waals surface area contributed by atoms with Crippen molar-refractivity contribution >= 4 is 5.91 Å². The molecule has 8 atom stereocenters. The largest absolute Gasteiger partial charge is 0.394 e. The fourth-order valence-electron chi connectivity index (χ4n) is 2.42. The van der Waals surface area contributed by atoms with Crippen molar-refractivity contribution in [1.29, 1.82) is 0 Å². The number of ether oxygens (including phenoxy) is 2. The smallest absolute Gasteiger partial charge is 0.251 e. The van der Waals surface area contributed by atoms with Gasteiger partial charge >= 0.3 is 0 Å². The number of likely N-dealkylation sites (N-methyl/N-ethyl adjacent to an activating group) is 1. The fourth-order valence-corrected chi connectivity index (χ4v) is 2.42. The quantitative estimate of drug-likeness (QED) is 0.196. The monoisotopic (exact) mass is 369 g/mol. The van der Waals surface area contributed by atoms with Gasteiger partial charge in [-0.2, -0.15) is 0 Å². The van der Waals surface area contributed by atoms with Crippen LogP contribution in [-0.4, -0.2) is 110 Å². The minimum Gasteiger partial charge on any atom is -0.394 e. The van der Waals surface area contributed by atoms with Gasteiger partial charge in [-0.15, -0.1) is 0 Å². The molecule has 1 fully saturated rings. The maximum absolute atomic E-state index is 11.6. The number of aliphatic hydroxyl groups excluding tert-OH is 7.